The van der Waals surface area contributed by atoms with Crippen molar-refractivity contribution in [3.8, 4) is 17.2 Å². The zero-order valence-corrected chi connectivity index (χ0v) is 19.9. The molecule has 32 heavy (non-hydrogen) atoms. The number of rotatable bonds is 8. The van der Waals surface area contributed by atoms with Crippen LogP contribution in [0, 0.1) is 6.92 Å². The molecule has 174 valence electrons. The molecule has 1 fully saturated rings. The monoisotopic (exact) mass is 440 g/mol. The minimum absolute atomic E-state index is 0.379. The maximum atomic E-state index is 5.44. The van der Waals surface area contributed by atoms with E-state index in [1.807, 2.05) is 13.0 Å². The van der Waals surface area contributed by atoms with Crippen molar-refractivity contribution >= 4 is 11.6 Å². The summed E-state index contributed by atoms with van der Waals surface area (Å²) >= 11 is 0. The number of anilines is 1. The molecule has 2 aromatic carbocycles. The van der Waals surface area contributed by atoms with Gasteiger partial charge in [-0.25, -0.2) is 4.99 Å². The van der Waals surface area contributed by atoms with E-state index in [9.17, 15) is 0 Å². The topological polar surface area (TPSA) is 67.4 Å². The second-order valence-electron chi connectivity index (χ2n) is 7.98. The first-order chi connectivity index (χ1) is 15.6. The quantitative estimate of drug-likeness (QED) is 0.481. The van der Waals surface area contributed by atoms with Crippen molar-refractivity contribution in [3.05, 3.63) is 47.5 Å². The number of nitrogens with zero attached hydrogens (tertiary/aromatic N) is 2. The molecule has 0 saturated carbocycles. The van der Waals surface area contributed by atoms with Crippen molar-refractivity contribution in [1.82, 2.24) is 10.6 Å². The fraction of sp³-hybridized carbons (Fsp3) is 0.480. The normalized spacial score (nSPS) is 14.8. The third-order valence-electron chi connectivity index (χ3n) is 5.77. The van der Waals surface area contributed by atoms with Crippen LogP contribution in [0.4, 0.5) is 5.69 Å². The van der Waals surface area contributed by atoms with Crippen molar-refractivity contribution < 1.29 is 14.2 Å². The van der Waals surface area contributed by atoms with Gasteiger partial charge in [-0.2, -0.15) is 0 Å². The fourth-order valence-electron chi connectivity index (χ4n) is 3.90. The molecule has 0 spiro atoms. The molecule has 1 heterocycles. The van der Waals surface area contributed by atoms with Crippen LogP contribution in [-0.2, 0) is 6.54 Å². The van der Waals surface area contributed by atoms with Crippen LogP contribution in [0.2, 0.25) is 0 Å². The largest absolute Gasteiger partial charge is 0.497 e. The van der Waals surface area contributed by atoms with E-state index < -0.39 is 0 Å². The Morgan fingerprint density at radius 3 is 2.28 bits per heavy atom. The van der Waals surface area contributed by atoms with Gasteiger partial charge in [0.15, 0.2) is 5.96 Å². The van der Waals surface area contributed by atoms with Crippen LogP contribution in [0.25, 0.3) is 0 Å². The molecule has 2 N–H and O–H groups in total. The van der Waals surface area contributed by atoms with Crippen LogP contribution >= 0.6 is 0 Å². The Morgan fingerprint density at radius 2 is 1.69 bits per heavy atom. The highest BCUT2D eigenvalue weighted by molar-refractivity contribution is 5.80. The van der Waals surface area contributed by atoms with Gasteiger partial charge < -0.3 is 29.7 Å². The van der Waals surface area contributed by atoms with E-state index in [0.29, 0.717) is 12.6 Å². The molecule has 0 unspecified atom stereocenters. The van der Waals surface area contributed by atoms with Crippen LogP contribution in [-0.4, -0.2) is 53.0 Å². The highest BCUT2D eigenvalue weighted by Gasteiger charge is 2.21. The van der Waals surface area contributed by atoms with Gasteiger partial charge in [0.1, 0.15) is 17.2 Å². The summed E-state index contributed by atoms with van der Waals surface area (Å²) in [5.41, 5.74) is 3.39. The molecular formula is C25H36N4O3. The first-order valence-electron chi connectivity index (χ1n) is 11.2. The summed E-state index contributed by atoms with van der Waals surface area (Å²) in [5.74, 6) is 3.38. The average Bonchev–Trinajstić information content (AvgIpc) is 2.83. The Balaban J connectivity index is 1.60. The lowest BCUT2D eigenvalue weighted by atomic mass is 10.0. The van der Waals surface area contributed by atoms with E-state index in [4.69, 9.17) is 19.2 Å². The maximum Gasteiger partial charge on any atom is 0.191 e. The second-order valence-corrected chi connectivity index (χ2v) is 7.98. The maximum absolute atomic E-state index is 5.44. The SMILES string of the molecule is CCNC(=NCc1ccc(C)c(OC)c1)NC1CCN(c2cc(OC)cc(OC)c2)CC1. The summed E-state index contributed by atoms with van der Waals surface area (Å²) in [6.45, 7) is 7.49. The molecule has 0 bridgehead atoms. The molecule has 2 aromatic rings. The molecule has 0 amide bonds. The molecule has 0 atom stereocenters. The predicted molar refractivity (Wildman–Crippen MR) is 130 cm³/mol. The fourth-order valence-corrected chi connectivity index (χ4v) is 3.90. The third kappa shape index (κ3) is 6.22. The Morgan fingerprint density at radius 1 is 1.00 bits per heavy atom. The molecule has 7 nitrogen and oxygen atoms in total. The Hall–Kier alpha value is -3.09. The molecule has 1 saturated heterocycles. The smallest absolute Gasteiger partial charge is 0.191 e. The van der Waals surface area contributed by atoms with Gasteiger partial charge in [0, 0.05) is 49.6 Å². The first kappa shape index (κ1) is 23.6. The lowest BCUT2D eigenvalue weighted by Crippen LogP contribution is -2.48. The van der Waals surface area contributed by atoms with E-state index in [0.717, 1.165) is 72.5 Å². The van der Waals surface area contributed by atoms with Crippen molar-refractivity contribution in [2.24, 2.45) is 4.99 Å². The summed E-state index contributed by atoms with van der Waals surface area (Å²) in [4.78, 5) is 7.18. The lowest BCUT2D eigenvalue weighted by molar-refractivity contribution is 0.393. The number of guanidine groups is 1. The Labute approximate surface area is 191 Å². The molecule has 7 heteroatoms. The zero-order chi connectivity index (χ0) is 22.9. The Bertz CT molecular complexity index is 886. The van der Waals surface area contributed by atoms with Gasteiger partial charge in [-0.1, -0.05) is 12.1 Å². The number of methoxy groups -OCH3 is 3. The lowest BCUT2D eigenvalue weighted by Gasteiger charge is -2.34. The highest BCUT2D eigenvalue weighted by atomic mass is 16.5. The van der Waals surface area contributed by atoms with Gasteiger partial charge >= 0.3 is 0 Å². The van der Waals surface area contributed by atoms with Crippen molar-refractivity contribution in [2.45, 2.75) is 39.3 Å². The van der Waals surface area contributed by atoms with Gasteiger partial charge in [0.25, 0.3) is 0 Å². The first-order valence-corrected chi connectivity index (χ1v) is 11.2. The van der Waals surface area contributed by atoms with E-state index in [2.05, 4.69) is 52.8 Å². The van der Waals surface area contributed by atoms with Crippen molar-refractivity contribution in [2.75, 3.05) is 45.9 Å². The van der Waals surface area contributed by atoms with Gasteiger partial charge in [-0.05, 0) is 43.9 Å². The number of hydrogen-bond acceptors (Lipinski definition) is 5. The molecule has 1 aliphatic rings. The predicted octanol–water partition coefficient (Wildman–Crippen LogP) is 3.74. The number of nitrogens with one attached hydrogen (secondary N) is 2. The number of ether oxygens (including phenoxy) is 3. The molecule has 0 aliphatic carbocycles. The summed E-state index contributed by atoms with van der Waals surface area (Å²) in [6, 6.07) is 12.7. The number of hydrogen-bond donors (Lipinski definition) is 2. The van der Waals surface area contributed by atoms with Crippen LogP contribution in [0.3, 0.4) is 0 Å². The highest BCUT2D eigenvalue weighted by Crippen LogP contribution is 2.30. The van der Waals surface area contributed by atoms with Gasteiger partial charge in [0.2, 0.25) is 0 Å². The standard InChI is InChI=1S/C25H36N4O3/c1-6-26-25(27-17-19-8-7-18(2)24(13-19)32-5)28-20-9-11-29(12-10-20)21-14-22(30-3)16-23(15-21)31-4/h7-8,13-16,20H,6,9-12,17H2,1-5H3,(H2,26,27,28). The second kappa shape index (κ2) is 11.5. The minimum atomic E-state index is 0.379. The van der Waals surface area contributed by atoms with E-state index in [1.165, 1.54) is 0 Å². The molecular weight excluding hydrogens is 404 g/mol. The summed E-state index contributed by atoms with van der Waals surface area (Å²) in [5, 5.41) is 6.99. The van der Waals surface area contributed by atoms with Crippen LogP contribution < -0.4 is 29.7 Å². The van der Waals surface area contributed by atoms with E-state index in [1.54, 1.807) is 21.3 Å². The van der Waals surface area contributed by atoms with Gasteiger partial charge in [-0.15, -0.1) is 0 Å². The van der Waals surface area contributed by atoms with Crippen LogP contribution in [0.5, 0.6) is 17.2 Å². The summed E-state index contributed by atoms with van der Waals surface area (Å²) in [7, 11) is 5.07. The van der Waals surface area contributed by atoms with E-state index in [-0.39, 0.29) is 0 Å². The van der Waals surface area contributed by atoms with Crippen molar-refractivity contribution in [1.29, 1.82) is 0 Å². The molecule has 1 aliphatic heterocycles. The number of benzene rings is 2. The minimum Gasteiger partial charge on any atom is -0.497 e. The van der Waals surface area contributed by atoms with Gasteiger partial charge in [-0.3, -0.25) is 0 Å². The van der Waals surface area contributed by atoms with Gasteiger partial charge in [0.05, 0.1) is 27.9 Å². The van der Waals surface area contributed by atoms with E-state index >= 15 is 0 Å². The average molecular weight is 441 g/mol. The number of aliphatic imine (C=N–C) groups is 1. The van der Waals surface area contributed by atoms with Crippen molar-refractivity contribution in [3.63, 3.8) is 0 Å². The molecule has 0 radical (unpaired) electrons. The zero-order valence-electron chi connectivity index (χ0n) is 19.9. The van der Waals surface area contributed by atoms with Crippen LogP contribution in [0.15, 0.2) is 41.4 Å². The molecule has 0 aromatic heterocycles. The molecule has 3 rings (SSSR count). The Kier molecular flexibility index (Phi) is 8.48. The number of piperidine rings is 1. The summed E-state index contributed by atoms with van der Waals surface area (Å²) < 4.78 is 16.3. The number of aryl methyl sites for hydroxylation is 1. The third-order valence-corrected chi connectivity index (χ3v) is 5.77. The summed E-state index contributed by atoms with van der Waals surface area (Å²) in [6.07, 6.45) is 2.06. The van der Waals surface area contributed by atoms with Crippen LogP contribution in [0.1, 0.15) is 30.9 Å².